The topological polar surface area (TPSA) is 100 Å². The average molecular weight is 206 g/mol. The van der Waals surface area contributed by atoms with Gasteiger partial charge in [0.2, 0.25) is 5.89 Å². The number of hydrogen-bond donors (Lipinski definition) is 2. The third-order valence-corrected chi connectivity index (χ3v) is 1.92. The van der Waals surface area contributed by atoms with Crippen LogP contribution in [0.4, 0.5) is 11.7 Å². The van der Waals surface area contributed by atoms with E-state index < -0.39 is 0 Å². The zero-order valence-corrected chi connectivity index (χ0v) is 8.10. The van der Waals surface area contributed by atoms with Gasteiger partial charge in [-0.3, -0.25) is 0 Å². The van der Waals surface area contributed by atoms with Crippen LogP contribution >= 0.6 is 0 Å². The van der Waals surface area contributed by atoms with Crippen molar-refractivity contribution in [3.8, 4) is 17.2 Å². The summed E-state index contributed by atoms with van der Waals surface area (Å²) < 4.78 is 10.1. The van der Waals surface area contributed by atoms with Crippen molar-refractivity contribution < 1.29 is 9.15 Å². The number of anilines is 2. The molecule has 0 aliphatic rings. The van der Waals surface area contributed by atoms with Crippen LogP contribution in [0, 0.1) is 0 Å². The van der Waals surface area contributed by atoms with Crippen LogP contribution in [0.5, 0.6) is 5.75 Å². The Hall–Kier alpha value is -2.24. The van der Waals surface area contributed by atoms with E-state index in [9.17, 15) is 0 Å². The number of benzene rings is 1. The lowest BCUT2D eigenvalue weighted by atomic mass is 10.2. The Labute approximate surface area is 85.8 Å². The van der Waals surface area contributed by atoms with Crippen molar-refractivity contribution >= 4 is 11.7 Å². The number of hydrogen-bond acceptors (Lipinski definition) is 6. The zero-order chi connectivity index (χ0) is 10.8. The van der Waals surface area contributed by atoms with Crippen LogP contribution in [0.2, 0.25) is 0 Å². The van der Waals surface area contributed by atoms with Gasteiger partial charge in [0.05, 0.1) is 12.8 Å². The predicted molar refractivity (Wildman–Crippen MR) is 55.1 cm³/mol. The van der Waals surface area contributed by atoms with Crippen LogP contribution in [-0.2, 0) is 0 Å². The first-order chi connectivity index (χ1) is 7.20. The summed E-state index contributed by atoms with van der Waals surface area (Å²) in [6, 6.07) is 5.21. The molecule has 2 rings (SSSR count). The Morgan fingerprint density at radius 2 is 2.07 bits per heavy atom. The van der Waals surface area contributed by atoms with Crippen molar-refractivity contribution in [3.05, 3.63) is 18.2 Å². The lowest BCUT2D eigenvalue weighted by molar-refractivity contribution is 0.417. The summed E-state index contributed by atoms with van der Waals surface area (Å²) in [6.45, 7) is 0. The summed E-state index contributed by atoms with van der Waals surface area (Å²) in [4.78, 5) is 0. The van der Waals surface area contributed by atoms with Crippen molar-refractivity contribution in [1.82, 2.24) is 10.2 Å². The highest BCUT2D eigenvalue weighted by atomic mass is 16.5. The molecule has 0 saturated heterocycles. The minimum absolute atomic E-state index is 0.0272. The first-order valence-electron chi connectivity index (χ1n) is 4.23. The molecule has 78 valence electrons. The first kappa shape index (κ1) is 9.32. The highest BCUT2D eigenvalue weighted by molar-refractivity contribution is 5.65. The monoisotopic (exact) mass is 206 g/mol. The number of ether oxygens (including phenoxy) is 1. The quantitative estimate of drug-likeness (QED) is 0.708. The number of aromatic nitrogens is 2. The minimum atomic E-state index is 0.0272. The molecule has 0 bridgehead atoms. The first-order valence-corrected chi connectivity index (χ1v) is 4.23. The van der Waals surface area contributed by atoms with E-state index in [0.717, 1.165) is 0 Å². The second-order valence-corrected chi connectivity index (χ2v) is 2.90. The number of nitrogen functional groups attached to an aromatic ring is 2. The maximum absolute atomic E-state index is 5.73. The fraction of sp³-hybridized carbons (Fsp3) is 0.111. The molecule has 0 fully saturated rings. The van der Waals surface area contributed by atoms with Gasteiger partial charge in [-0.1, -0.05) is 5.10 Å². The van der Waals surface area contributed by atoms with Crippen LogP contribution in [0.25, 0.3) is 11.5 Å². The molecule has 6 nitrogen and oxygen atoms in total. The molecule has 0 unspecified atom stereocenters. The summed E-state index contributed by atoms with van der Waals surface area (Å²) in [7, 11) is 1.55. The minimum Gasteiger partial charge on any atom is -0.495 e. The molecule has 6 heteroatoms. The Balaban J connectivity index is 2.42. The van der Waals surface area contributed by atoms with Crippen LogP contribution in [0.15, 0.2) is 22.6 Å². The van der Waals surface area contributed by atoms with E-state index in [2.05, 4.69) is 10.2 Å². The average Bonchev–Trinajstić information content (AvgIpc) is 2.65. The second kappa shape index (κ2) is 3.49. The molecular formula is C9H10N4O2. The maximum atomic E-state index is 5.73. The largest absolute Gasteiger partial charge is 0.495 e. The van der Waals surface area contributed by atoms with Crippen LogP contribution < -0.4 is 16.2 Å². The third kappa shape index (κ3) is 1.69. The lowest BCUT2D eigenvalue weighted by Crippen LogP contribution is -1.92. The summed E-state index contributed by atoms with van der Waals surface area (Å²) in [5.74, 6) is 0.938. The molecule has 0 aliphatic heterocycles. The van der Waals surface area contributed by atoms with Gasteiger partial charge >= 0.3 is 6.01 Å². The highest BCUT2D eigenvalue weighted by Crippen LogP contribution is 2.27. The molecule has 1 aromatic heterocycles. The van der Waals surface area contributed by atoms with E-state index >= 15 is 0 Å². The Morgan fingerprint density at radius 1 is 1.27 bits per heavy atom. The van der Waals surface area contributed by atoms with Gasteiger partial charge in [-0.2, -0.15) is 0 Å². The Morgan fingerprint density at radius 3 is 2.60 bits per heavy atom. The lowest BCUT2D eigenvalue weighted by Gasteiger charge is -2.04. The van der Waals surface area contributed by atoms with Gasteiger partial charge in [-0.05, 0) is 18.2 Å². The summed E-state index contributed by atoms with van der Waals surface area (Å²) >= 11 is 0. The molecular weight excluding hydrogens is 196 g/mol. The van der Waals surface area contributed by atoms with Crippen molar-refractivity contribution in [3.63, 3.8) is 0 Å². The van der Waals surface area contributed by atoms with E-state index in [-0.39, 0.29) is 6.01 Å². The SMILES string of the molecule is COc1ccc(-c2nnc(N)o2)cc1N. The molecule has 0 amide bonds. The van der Waals surface area contributed by atoms with Gasteiger partial charge in [0.1, 0.15) is 5.75 Å². The predicted octanol–water partition coefficient (Wildman–Crippen LogP) is 0.910. The molecule has 2 aromatic rings. The van der Waals surface area contributed by atoms with Crippen LogP contribution in [0.3, 0.4) is 0 Å². The van der Waals surface area contributed by atoms with Gasteiger partial charge in [0.25, 0.3) is 0 Å². The van der Waals surface area contributed by atoms with Gasteiger partial charge < -0.3 is 20.6 Å². The van der Waals surface area contributed by atoms with Crippen LogP contribution in [-0.4, -0.2) is 17.3 Å². The second-order valence-electron chi connectivity index (χ2n) is 2.90. The summed E-state index contributed by atoms with van der Waals surface area (Å²) in [6.07, 6.45) is 0. The fourth-order valence-corrected chi connectivity index (χ4v) is 1.22. The van der Waals surface area contributed by atoms with E-state index in [0.29, 0.717) is 22.9 Å². The Kier molecular flexibility index (Phi) is 2.17. The zero-order valence-electron chi connectivity index (χ0n) is 8.10. The number of methoxy groups -OCH3 is 1. The van der Waals surface area contributed by atoms with Gasteiger partial charge in [-0.15, -0.1) is 5.10 Å². The van der Waals surface area contributed by atoms with Crippen molar-refractivity contribution in [2.75, 3.05) is 18.6 Å². The van der Waals surface area contributed by atoms with Crippen molar-refractivity contribution in [2.24, 2.45) is 0 Å². The molecule has 1 aromatic carbocycles. The molecule has 1 heterocycles. The molecule has 0 spiro atoms. The molecule has 0 saturated carbocycles. The fourth-order valence-electron chi connectivity index (χ4n) is 1.22. The molecule has 0 atom stereocenters. The standard InChI is InChI=1S/C9H10N4O2/c1-14-7-3-2-5(4-6(7)10)8-12-13-9(11)15-8/h2-4H,10H2,1H3,(H2,11,13). The van der Waals surface area contributed by atoms with E-state index in [1.165, 1.54) is 0 Å². The summed E-state index contributed by atoms with van der Waals surface area (Å²) in [5.41, 5.74) is 12.3. The van der Waals surface area contributed by atoms with E-state index in [1.807, 2.05) is 0 Å². The molecule has 0 radical (unpaired) electrons. The number of nitrogens with two attached hydrogens (primary N) is 2. The van der Waals surface area contributed by atoms with Gasteiger partial charge in [-0.25, -0.2) is 0 Å². The van der Waals surface area contributed by atoms with E-state index in [4.69, 9.17) is 20.6 Å². The molecule has 15 heavy (non-hydrogen) atoms. The van der Waals surface area contributed by atoms with Crippen molar-refractivity contribution in [1.29, 1.82) is 0 Å². The van der Waals surface area contributed by atoms with Crippen LogP contribution in [0.1, 0.15) is 0 Å². The van der Waals surface area contributed by atoms with E-state index in [1.54, 1.807) is 25.3 Å². The highest BCUT2D eigenvalue weighted by Gasteiger charge is 2.08. The smallest absolute Gasteiger partial charge is 0.313 e. The van der Waals surface area contributed by atoms with Gasteiger partial charge in [0.15, 0.2) is 0 Å². The summed E-state index contributed by atoms with van der Waals surface area (Å²) in [5, 5.41) is 7.30. The number of rotatable bonds is 2. The van der Waals surface area contributed by atoms with Crippen molar-refractivity contribution in [2.45, 2.75) is 0 Å². The maximum Gasteiger partial charge on any atom is 0.313 e. The number of nitrogens with zero attached hydrogens (tertiary/aromatic N) is 2. The third-order valence-electron chi connectivity index (χ3n) is 1.92. The Bertz CT molecular complexity index is 481. The molecule has 4 N–H and O–H groups in total. The molecule has 0 aliphatic carbocycles. The van der Waals surface area contributed by atoms with Gasteiger partial charge in [0, 0.05) is 5.56 Å². The normalized spacial score (nSPS) is 10.2.